The topological polar surface area (TPSA) is 40.5 Å². The Morgan fingerprint density at radius 1 is 0.875 bits per heavy atom. The number of hydrogen-bond acceptors (Lipinski definition) is 2. The van der Waals surface area contributed by atoms with E-state index in [2.05, 4.69) is 0 Å². The lowest BCUT2D eigenvalue weighted by atomic mass is 9.94. The minimum absolute atomic E-state index is 0.241. The average molecular weight is 226 g/mol. The summed E-state index contributed by atoms with van der Waals surface area (Å²) in [5.74, 6) is 0.484. The summed E-state index contributed by atoms with van der Waals surface area (Å²) in [6.45, 7) is 5.01. The molecule has 90 valence electrons. The molecule has 0 aromatic heterocycles. The normalized spacial score (nSPS) is 10.8. The van der Waals surface area contributed by atoms with E-state index in [0.29, 0.717) is 36.0 Å². The maximum atomic E-state index is 12.0. The van der Waals surface area contributed by atoms with Crippen molar-refractivity contribution in [3.05, 3.63) is 22.3 Å². The Morgan fingerprint density at radius 2 is 1.44 bits per heavy atom. The monoisotopic (exact) mass is 226 g/mol. The molecule has 0 unspecified atom stereocenters. The summed E-state index contributed by atoms with van der Waals surface area (Å²) in [4.78, 5) is 0. The van der Waals surface area contributed by atoms with Crippen molar-refractivity contribution in [3.8, 4) is 11.5 Å². The lowest BCUT2D eigenvalue weighted by Crippen LogP contribution is -1.97. The largest absolute Gasteiger partial charge is 0.507 e. The SMILES string of the molecule is Cc1c(C)c(O)c(CCCCF)c(C)c1O. The van der Waals surface area contributed by atoms with Gasteiger partial charge in [-0.25, -0.2) is 0 Å². The number of halogens is 1. The number of aromatic hydroxyl groups is 2. The van der Waals surface area contributed by atoms with Gasteiger partial charge in [0, 0.05) is 5.56 Å². The van der Waals surface area contributed by atoms with Crippen molar-refractivity contribution < 1.29 is 14.6 Å². The zero-order valence-electron chi connectivity index (χ0n) is 10.1. The molecule has 0 atom stereocenters. The molecule has 1 rings (SSSR count). The molecule has 1 aromatic rings. The first-order valence-corrected chi connectivity index (χ1v) is 5.57. The van der Waals surface area contributed by atoms with Crippen LogP contribution < -0.4 is 0 Å². The van der Waals surface area contributed by atoms with Crippen molar-refractivity contribution in [2.45, 2.75) is 40.0 Å². The van der Waals surface area contributed by atoms with Crippen LogP contribution in [0.1, 0.15) is 35.1 Å². The number of hydrogen-bond donors (Lipinski definition) is 2. The quantitative estimate of drug-likeness (QED) is 0.610. The highest BCUT2D eigenvalue weighted by atomic mass is 19.1. The molecular formula is C13H19FO2. The zero-order valence-corrected chi connectivity index (χ0v) is 10.1. The molecule has 2 N–H and O–H groups in total. The fraction of sp³-hybridized carbons (Fsp3) is 0.538. The van der Waals surface area contributed by atoms with Crippen molar-refractivity contribution in [1.82, 2.24) is 0 Å². The first-order chi connectivity index (χ1) is 7.50. The molecule has 0 saturated heterocycles. The Bertz CT molecular complexity index is 357. The predicted molar refractivity (Wildman–Crippen MR) is 62.9 cm³/mol. The Balaban J connectivity index is 3.08. The van der Waals surface area contributed by atoms with Gasteiger partial charge in [0.1, 0.15) is 11.5 Å². The number of alkyl halides is 1. The zero-order chi connectivity index (χ0) is 12.3. The minimum Gasteiger partial charge on any atom is -0.507 e. The summed E-state index contributed by atoms with van der Waals surface area (Å²) in [7, 11) is 0. The van der Waals surface area contributed by atoms with E-state index in [4.69, 9.17) is 0 Å². The highest BCUT2D eigenvalue weighted by Crippen LogP contribution is 2.36. The second-order valence-electron chi connectivity index (χ2n) is 4.20. The molecule has 0 saturated carbocycles. The third-order valence-electron chi connectivity index (χ3n) is 3.18. The molecule has 0 radical (unpaired) electrons. The van der Waals surface area contributed by atoms with Gasteiger partial charge in [0.2, 0.25) is 0 Å². The fourth-order valence-electron chi connectivity index (χ4n) is 1.89. The first-order valence-electron chi connectivity index (χ1n) is 5.57. The highest BCUT2D eigenvalue weighted by Gasteiger charge is 2.15. The van der Waals surface area contributed by atoms with Gasteiger partial charge in [0.05, 0.1) is 6.67 Å². The van der Waals surface area contributed by atoms with Crippen LogP contribution in [0.4, 0.5) is 4.39 Å². The molecule has 3 heteroatoms. The van der Waals surface area contributed by atoms with Gasteiger partial charge in [-0.1, -0.05) is 0 Å². The summed E-state index contributed by atoms with van der Waals surface area (Å²) in [6, 6.07) is 0. The summed E-state index contributed by atoms with van der Waals surface area (Å²) >= 11 is 0. The van der Waals surface area contributed by atoms with Crippen LogP contribution in [0.25, 0.3) is 0 Å². The van der Waals surface area contributed by atoms with Crippen molar-refractivity contribution >= 4 is 0 Å². The summed E-state index contributed by atoms with van der Waals surface area (Å²) in [5.41, 5.74) is 2.87. The second kappa shape index (κ2) is 5.19. The van der Waals surface area contributed by atoms with E-state index >= 15 is 0 Å². The second-order valence-corrected chi connectivity index (χ2v) is 4.20. The lowest BCUT2D eigenvalue weighted by molar-refractivity contribution is 0.436. The van der Waals surface area contributed by atoms with Gasteiger partial charge in [-0.3, -0.25) is 4.39 Å². The number of phenols is 2. The van der Waals surface area contributed by atoms with E-state index in [9.17, 15) is 14.6 Å². The molecule has 0 heterocycles. The fourth-order valence-corrected chi connectivity index (χ4v) is 1.89. The van der Waals surface area contributed by atoms with E-state index in [1.165, 1.54) is 0 Å². The lowest BCUT2D eigenvalue weighted by Gasteiger charge is -2.15. The summed E-state index contributed by atoms with van der Waals surface area (Å²) in [6.07, 6.45) is 1.79. The molecule has 16 heavy (non-hydrogen) atoms. The molecule has 0 spiro atoms. The molecule has 2 nitrogen and oxygen atoms in total. The first kappa shape index (κ1) is 12.8. The minimum atomic E-state index is -0.337. The van der Waals surface area contributed by atoms with Crippen LogP contribution in [-0.2, 0) is 6.42 Å². The van der Waals surface area contributed by atoms with Crippen LogP contribution in [0, 0.1) is 20.8 Å². The van der Waals surface area contributed by atoms with Gasteiger partial charge in [-0.05, 0) is 56.7 Å². The van der Waals surface area contributed by atoms with E-state index in [1.807, 2.05) is 0 Å². The maximum absolute atomic E-state index is 12.0. The maximum Gasteiger partial charge on any atom is 0.122 e. The van der Waals surface area contributed by atoms with Crippen LogP contribution in [0.3, 0.4) is 0 Å². The molecular weight excluding hydrogens is 207 g/mol. The number of benzene rings is 1. The number of phenolic OH excluding ortho intramolecular Hbond substituents is 2. The Hall–Kier alpha value is -1.25. The smallest absolute Gasteiger partial charge is 0.122 e. The third-order valence-corrected chi connectivity index (χ3v) is 3.18. The van der Waals surface area contributed by atoms with Gasteiger partial charge in [0.15, 0.2) is 0 Å². The summed E-state index contributed by atoms with van der Waals surface area (Å²) < 4.78 is 12.0. The number of unbranched alkanes of at least 4 members (excludes halogenated alkanes) is 1. The predicted octanol–water partition coefficient (Wildman–Crippen LogP) is 3.32. The van der Waals surface area contributed by atoms with E-state index in [-0.39, 0.29) is 18.2 Å². The van der Waals surface area contributed by atoms with Gasteiger partial charge < -0.3 is 10.2 Å². The van der Waals surface area contributed by atoms with Crippen LogP contribution in [0.5, 0.6) is 11.5 Å². The Kier molecular flexibility index (Phi) is 4.16. The molecule has 0 fully saturated rings. The van der Waals surface area contributed by atoms with E-state index < -0.39 is 0 Å². The van der Waals surface area contributed by atoms with Crippen LogP contribution >= 0.6 is 0 Å². The molecule has 0 aliphatic rings. The van der Waals surface area contributed by atoms with Crippen LogP contribution in [0.15, 0.2) is 0 Å². The van der Waals surface area contributed by atoms with Crippen molar-refractivity contribution in [3.63, 3.8) is 0 Å². The van der Waals surface area contributed by atoms with Crippen molar-refractivity contribution in [1.29, 1.82) is 0 Å². The van der Waals surface area contributed by atoms with Crippen molar-refractivity contribution in [2.24, 2.45) is 0 Å². The van der Waals surface area contributed by atoms with E-state index in [1.54, 1.807) is 20.8 Å². The van der Waals surface area contributed by atoms with Gasteiger partial charge >= 0.3 is 0 Å². The number of rotatable bonds is 4. The molecule has 0 aliphatic carbocycles. The molecule has 0 amide bonds. The standard InChI is InChI=1S/C13H19FO2/c1-8-9(2)13(16)11(6-4-5-7-14)10(3)12(8)15/h15-16H,4-7H2,1-3H3. The molecule has 1 aromatic carbocycles. The highest BCUT2D eigenvalue weighted by molar-refractivity contribution is 5.56. The van der Waals surface area contributed by atoms with Crippen LogP contribution in [0.2, 0.25) is 0 Å². The molecule has 0 bridgehead atoms. The Labute approximate surface area is 95.7 Å². The third kappa shape index (κ3) is 2.29. The van der Waals surface area contributed by atoms with Crippen molar-refractivity contribution in [2.75, 3.05) is 6.67 Å². The van der Waals surface area contributed by atoms with Gasteiger partial charge in [-0.15, -0.1) is 0 Å². The summed E-state index contributed by atoms with van der Waals surface area (Å²) in [5, 5.41) is 19.8. The van der Waals surface area contributed by atoms with Gasteiger partial charge in [0.25, 0.3) is 0 Å². The average Bonchev–Trinajstić information content (AvgIpc) is 2.28. The van der Waals surface area contributed by atoms with Crippen LogP contribution in [-0.4, -0.2) is 16.9 Å². The van der Waals surface area contributed by atoms with Gasteiger partial charge in [-0.2, -0.15) is 0 Å². The molecule has 0 aliphatic heterocycles. The van der Waals surface area contributed by atoms with E-state index in [0.717, 1.165) is 5.56 Å². The Morgan fingerprint density at radius 3 is 2.00 bits per heavy atom.